The third kappa shape index (κ3) is 5.04. The molecule has 0 unspecified atom stereocenters. The molecular weight excluding hydrogens is 302 g/mol. The van der Waals surface area contributed by atoms with Crippen LogP contribution in [0.1, 0.15) is 20.1 Å². The van der Waals surface area contributed by atoms with Crippen LogP contribution in [0, 0.1) is 18.8 Å². The number of nitrogens with one attached hydrogen (secondary N) is 1. The third-order valence-corrected chi connectivity index (χ3v) is 5.36. The molecule has 1 aromatic rings. The SMILES string of the molecule is Cc1cc(C(=O)NCCN2CCSCC2)sc1C#CCN. The van der Waals surface area contributed by atoms with E-state index in [1.807, 2.05) is 24.8 Å². The predicted molar refractivity (Wildman–Crippen MR) is 91.1 cm³/mol. The van der Waals surface area contributed by atoms with Gasteiger partial charge in [0.1, 0.15) is 0 Å². The van der Waals surface area contributed by atoms with Gasteiger partial charge in [-0.2, -0.15) is 11.8 Å². The Bertz CT molecular complexity index is 539. The lowest BCUT2D eigenvalue weighted by atomic mass is 10.2. The van der Waals surface area contributed by atoms with Gasteiger partial charge in [-0.1, -0.05) is 11.8 Å². The van der Waals surface area contributed by atoms with Crippen LogP contribution in [0.5, 0.6) is 0 Å². The van der Waals surface area contributed by atoms with Crippen LogP contribution in [0.2, 0.25) is 0 Å². The second kappa shape index (κ2) is 8.44. The lowest BCUT2D eigenvalue weighted by Gasteiger charge is -2.25. The first-order chi connectivity index (χ1) is 10.2. The maximum Gasteiger partial charge on any atom is 0.261 e. The van der Waals surface area contributed by atoms with Gasteiger partial charge < -0.3 is 11.1 Å². The number of thioether (sulfide) groups is 1. The van der Waals surface area contributed by atoms with Gasteiger partial charge in [-0.3, -0.25) is 9.69 Å². The van der Waals surface area contributed by atoms with Crippen molar-refractivity contribution in [2.24, 2.45) is 5.73 Å². The number of nitrogens with two attached hydrogens (primary N) is 1. The van der Waals surface area contributed by atoms with Gasteiger partial charge in [-0.25, -0.2) is 0 Å². The third-order valence-electron chi connectivity index (χ3n) is 3.26. The van der Waals surface area contributed by atoms with E-state index in [0.717, 1.165) is 35.0 Å². The van der Waals surface area contributed by atoms with E-state index in [1.165, 1.54) is 22.8 Å². The van der Waals surface area contributed by atoms with Crippen LogP contribution in [0.25, 0.3) is 0 Å². The van der Waals surface area contributed by atoms with Crippen LogP contribution in [0.4, 0.5) is 0 Å². The van der Waals surface area contributed by atoms with Crippen molar-refractivity contribution < 1.29 is 4.79 Å². The number of hydrogen-bond acceptors (Lipinski definition) is 5. The van der Waals surface area contributed by atoms with Crippen molar-refractivity contribution in [1.82, 2.24) is 10.2 Å². The average molecular weight is 323 g/mol. The Labute approximate surface area is 134 Å². The molecule has 2 heterocycles. The fourth-order valence-electron chi connectivity index (χ4n) is 2.09. The fourth-order valence-corrected chi connectivity index (χ4v) is 4.03. The summed E-state index contributed by atoms with van der Waals surface area (Å²) < 4.78 is 0. The fraction of sp³-hybridized carbons (Fsp3) is 0.533. The van der Waals surface area contributed by atoms with Gasteiger partial charge in [-0.05, 0) is 18.6 Å². The Hall–Kier alpha value is -1.00. The number of thiophene rings is 1. The zero-order valence-electron chi connectivity index (χ0n) is 12.3. The summed E-state index contributed by atoms with van der Waals surface area (Å²) in [5.74, 6) is 8.23. The van der Waals surface area contributed by atoms with Gasteiger partial charge in [0.15, 0.2) is 0 Å². The first kappa shape index (κ1) is 16.4. The van der Waals surface area contributed by atoms with Gasteiger partial charge in [0.05, 0.1) is 16.3 Å². The molecule has 3 N–H and O–H groups in total. The zero-order chi connectivity index (χ0) is 15.1. The molecule has 0 bridgehead atoms. The molecule has 0 aliphatic carbocycles. The molecule has 21 heavy (non-hydrogen) atoms. The minimum absolute atomic E-state index is 0.00437. The summed E-state index contributed by atoms with van der Waals surface area (Å²) in [5, 5.41) is 2.99. The Morgan fingerprint density at radius 1 is 1.48 bits per heavy atom. The number of aryl methyl sites for hydroxylation is 1. The maximum absolute atomic E-state index is 12.1. The van der Waals surface area contributed by atoms with Crippen LogP contribution in [-0.2, 0) is 0 Å². The molecule has 0 atom stereocenters. The van der Waals surface area contributed by atoms with E-state index in [2.05, 4.69) is 22.1 Å². The Kier molecular flexibility index (Phi) is 6.58. The highest BCUT2D eigenvalue weighted by Crippen LogP contribution is 2.20. The topological polar surface area (TPSA) is 58.4 Å². The van der Waals surface area contributed by atoms with Gasteiger partial charge in [0.25, 0.3) is 5.91 Å². The summed E-state index contributed by atoms with van der Waals surface area (Å²) in [6.45, 7) is 6.18. The highest BCUT2D eigenvalue weighted by molar-refractivity contribution is 7.99. The first-order valence-electron chi connectivity index (χ1n) is 7.08. The van der Waals surface area contributed by atoms with E-state index in [-0.39, 0.29) is 5.91 Å². The molecule has 6 heteroatoms. The van der Waals surface area contributed by atoms with E-state index in [0.29, 0.717) is 13.1 Å². The van der Waals surface area contributed by atoms with Crippen LogP contribution in [0.15, 0.2) is 6.07 Å². The molecule has 1 aromatic heterocycles. The predicted octanol–water partition coefficient (Wildman–Crippen LogP) is 1.15. The van der Waals surface area contributed by atoms with Gasteiger partial charge >= 0.3 is 0 Å². The van der Waals surface area contributed by atoms with E-state index in [4.69, 9.17) is 5.73 Å². The molecule has 1 amide bonds. The average Bonchev–Trinajstić information content (AvgIpc) is 2.87. The second-order valence-corrected chi connectivity index (χ2v) is 7.12. The summed E-state index contributed by atoms with van der Waals surface area (Å²) in [6.07, 6.45) is 0. The lowest BCUT2D eigenvalue weighted by molar-refractivity contribution is 0.0953. The summed E-state index contributed by atoms with van der Waals surface area (Å²) >= 11 is 3.43. The molecule has 0 saturated carbocycles. The Balaban J connectivity index is 1.82. The summed E-state index contributed by atoms with van der Waals surface area (Å²) in [5.41, 5.74) is 6.42. The van der Waals surface area contributed by atoms with Crippen molar-refractivity contribution in [1.29, 1.82) is 0 Å². The minimum atomic E-state index is -0.00437. The van der Waals surface area contributed by atoms with Crippen LogP contribution in [0.3, 0.4) is 0 Å². The summed E-state index contributed by atoms with van der Waals surface area (Å²) in [6, 6.07) is 1.90. The molecule has 1 saturated heterocycles. The number of carbonyl (C=O) groups is 1. The summed E-state index contributed by atoms with van der Waals surface area (Å²) in [7, 11) is 0. The van der Waals surface area contributed by atoms with Crippen molar-refractivity contribution in [2.45, 2.75) is 6.92 Å². The molecule has 0 radical (unpaired) electrons. The largest absolute Gasteiger partial charge is 0.350 e. The molecule has 2 rings (SSSR count). The van der Waals surface area contributed by atoms with Crippen molar-refractivity contribution in [3.63, 3.8) is 0 Å². The lowest BCUT2D eigenvalue weighted by Crippen LogP contribution is -2.39. The monoisotopic (exact) mass is 323 g/mol. The van der Waals surface area contributed by atoms with Gasteiger partial charge in [-0.15, -0.1) is 11.3 Å². The van der Waals surface area contributed by atoms with E-state index in [1.54, 1.807) is 0 Å². The van der Waals surface area contributed by atoms with E-state index >= 15 is 0 Å². The van der Waals surface area contributed by atoms with Crippen LogP contribution in [-0.4, -0.2) is 55.0 Å². The van der Waals surface area contributed by atoms with Crippen LogP contribution < -0.4 is 11.1 Å². The molecule has 1 fully saturated rings. The smallest absolute Gasteiger partial charge is 0.261 e. The molecular formula is C15H21N3OS2. The minimum Gasteiger partial charge on any atom is -0.350 e. The molecule has 1 aliphatic heterocycles. The number of carbonyl (C=O) groups excluding carboxylic acids is 1. The quantitative estimate of drug-likeness (QED) is 0.816. The standard InChI is InChI=1S/C15H21N3OS2/c1-12-11-14(21-13(12)3-2-4-16)15(19)17-5-6-18-7-9-20-10-8-18/h11H,4-10,16H2,1H3,(H,17,19). The highest BCUT2D eigenvalue weighted by atomic mass is 32.2. The van der Waals surface area contributed by atoms with Crippen molar-refractivity contribution in [3.05, 3.63) is 21.4 Å². The van der Waals surface area contributed by atoms with Gasteiger partial charge in [0.2, 0.25) is 0 Å². The highest BCUT2D eigenvalue weighted by Gasteiger charge is 2.13. The molecule has 1 aliphatic rings. The van der Waals surface area contributed by atoms with E-state index in [9.17, 15) is 4.79 Å². The zero-order valence-corrected chi connectivity index (χ0v) is 13.9. The first-order valence-corrected chi connectivity index (χ1v) is 9.05. The second-order valence-electron chi connectivity index (χ2n) is 4.84. The number of amides is 1. The molecule has 4 nitrogen and oxygen atoms in total. The van der Waals surface area contributed by atoms with Crippen LogP contribution >= 0.6 is 23.1 Å². The summed E-state index contributed by atoms with van der Waals surface area (Å²) in [4.78, 5) is 16.2. The number of hydrogen-bond donors (Lipinski definition) is 2. The number of rotatable bonds is 4. The van der Waals surface area contributed by atoms with Crippen molar-refractivity contribution >= 4 is 29.0 Å². The van der Waals surface area contributed by atoms with Crippen molar-refractivity contribution in [3.8, 4) is 11.8 Å². The normalized spacial score (nSPS) is 15.3. The molecule has 0 spiro atoms. The maximum atomic E-state index is 12.1. The Morgan fingerprint density at radius 3 is 2.95 bits per heavy atom. The molecule has 0 aromatic carbocycles. The Morgan fingerprint density at radius 2 is 2.24 bits per heavy atom. The molecule has 114 valence electrons. The number of nitrogens with zero attached hydrogens (tertiary/aromatic N) is 1. The van der Waals surface area contributed by atoms with Crippen molar-refractivity contribution in [2.75, 3.05) is 44.2 Å². The van der Waals surface area contributed by atoms with Gasteiger partial charge in [0, 0.05) is 37.7 Å². The van der Waals surface area contributed by atoms with E-state index < -0.39 is 0 Å².